The first-order valence-electron chi connectivity index (χ1n) is 8.90. The van der Waals surface area contributed by atoms with Gasteiger partial charge in [-0.2, -0.15) is 5.26 Å². The van der Waals surface area contributed by atoms with Crippen LogP contribution in [0.2, 0.25) is 5.02 Å². The van der Waals surface area contributed by atoms with Crippen LogP contribution in [0.25, 0.3) is 0 Å². The number of carbonyl (C=O) groups is 1. The Morgan fingerprint density at radius 3 is 2.64 bits per heavy atom. The molecule has 2 aromatic carbocycles. The number of ether oxygens (including phenoxy) is 1. The van der Waals surface area contributed by atoms with Crippen LogP contribution in [0, 0.1) is 11.3 Å². The van der Waals surface area contributed by atoms with E-state index in [0.717, 1.165) is 0 Å². The van der Waals surface area contributed by atoms with E-state index in [4.69, 9.17) is 21.6 Å². The molecular formula is C21H24ClN3O3. The van der Waals surface area contributed by atoms with Crippen molar-refractivity contribution in [1.29, 1.82) is 5.26 Å². The van der Waals surface area contributed by atoms with Crippen LogP contribution in [0.1, 0.15) is 29.8 Å². The maximum atomic E-state index is 12.1. The predicted molar refractivity (Wildman–Crippen MR) is 109 cm³/mol. The van der Waals surface area contributed by atoms with E-state index >= 15 is 0 Å². The van der Waals surface area contributed by atoms with Crippen LogP contribution in [-0.2, 0) is 0 Å². The first kappa shape index (κ1) is 21.7. The van der Waals surface area contributed by atoms with Gasteiger partial charge in [-0.1, -0.05) is 35.9 Å². The number of aliphatic hydroxyl groups is 1. The van der Waals surface area contributed by atoms with Crippen molar-refractivity contribution in [2.24, 2.45) is 0 Å². The van der Waals surface area contributed by atoms with Crippen molar-refractivity contribution in [3.63, 3.8) is 0 Å². The topological polar surface area (TPSA) is 94.4 Å². The van der Waals surface area contributed by atoms with Crippen LogP contribution in [0.3, 0.4) is 0 Å². The van der Waals surface area contributed by atoms with Crippen LogP contribution >= 0.6 is 11.6 Å². The molecule has 28 heavy (non-hydrogen) atoms. The van der Waals surface area contributed by atoms with Crippen molar-refractivity contribution in [1.82, 2.24) is 10.6 Å². The third kappa shape index (κ3) is 6.54. The quantitative estimate of drug-likeness (QED) is 0.600. The maximum Gasteiger partial charge on any atom is 0.251 e. The number of carbonyl (C=O) groups excluding carboxylic acids is 1. The van der Waals surface area contributed by atoms with Crippen molar-refractivity contribution in [3.05, 3.63) is 64.7 Å². The average Bonchev–Trinajstić information content (AvgIpc) is 2.69. The van der Waals surface area contributed by atoms with Gasteiger partial charge in [-0.15, -0.1) is 0 Å². The second-order valence-corrected chi connectivity index (χ2v) is 7.41. The Kier molecular flexibility index (Phi) is 7.82. The molecule has 0 saturated heterocycles. The zero-order chi connectivity index (χ0) is 20.6. The van der Waals surface area contributed by atoms with E-state index in [-0.39, 0.29) is 24.6 Å². The minimum Gasteiger partial charge on any atom is -0.489 e. The van der Waals surface area contributed by atoms with Gasteiger partial charge in [0.15, 0.2) is 0 Å². The molecular weight excluding hydrogens is 378 g/mol. The van der Waals surface area contributed by atoms with Gasteiger partial charge in [0.25, 0.3) is 5.91 Å². The summed E-state index contributed by atoms with van der Waals surface area (Å²) in [5.41, 5.74) is 0.411. The molecule has 2 rings (SSSR count). The highest BCUT2D eigenvalue weighted by molar-refractivity contribution is 6.31. The predicted octanol–water partition coefficient (Wildman–Crippen LogP) is 2.75. The molecule has 1 unspecified atom stereocenters. The SMILES string of the molecule is CC(C)(CNC(=O)c1ccccc1)NCC(O)COc1cccc(Cl)c1C#N. The Labute approximate surface area is 170 Å². The van der Waals surface area contributed by atoms with Gasteiger partial charge in [0, 0.05) is 24.2 Å². The smallest absolute Gasteiger partial charge is 0.251 e. The summed E-state index contributed by atoms with van der Waals surface area (Å²) in [5.74, 6) is 0.188. The molecule has 0 aliphatic heterocycles. The van der Waals surface area contributed by atoms with Gasteiger partial charge in [-0.3, -0.25) is 4.79 Å². The van der Waals surface area contributed by atoms with Crippen LogP contribution in [0.5, 0.6) is 5.75 Å². The summed E-state index contributed by atoms with van der Waals surface area (Å²) in [6, 6.07) is 15.9. The molecule has 0 radical (unpaired) electrons. The molecule has 7 heteroatoms. The van der Waals surface area contributed by atoms with E-state index in [1.54, 1.807) is 30.3 Å². The number of amides is 1. The van der Waals surface area contributed by atoms with Gasteiger partial charge < -0.3 is 20.5 Å². The standard InChI is InChI=1S/C21H24ClN3O3/c1-21(2,14-24-20(27)15-7-4-3-5-8-15)25-12-16(26)13-28-19-10-6-9-18(22)17(19)11-23/h3-10,16,25-26H,12-14H2,1-2H3,(H,24,27). The van der Waals surface area contributed by atoms with Gasteiger partial charge >= 0.3 is 0 Å². The van der Waals surface area contributed by atoms with Crippen LogP contribution in [-0.4, -0.2) is 42.4 Å². The molecule has 0 bridgehead atoms. The number of benzene rings is 2. The number of nitriles is 1. The Morgan fingerprint density at radius 2 is 1.96 bits per heavy atom. The van der Waals surface area contributed by atoms with E-state index in [1.165, 1.54) is 0 Å². The molecule has 0 aromatic heterocycles. The normalized spacial score (nSPS) is 12.1. The zero-order valence-electron chi connectivity index (χ0n) is 15.9. The first-order valence-corrected chi connectivity index (χ1v) is 9.28. The van der Waals surface area contributed by atoms with Crippen molar-refractivity contribution >= 4 is 17.5 Å². The number of rotatable bonds is 9. The lowest BCUT2D eigenvalue weighted by Gasteiger charge is -2.28. The highest BCUT2D eigenvalue weighted by Crippen LogP contribution is 2.25. The minimum atomic E-state index is -0.797. The second kappa shape index (κ2) is 10.1. The second-order valence-electron chi connectivity index (χ2n) is 7.00. The number of hydrogen-bond acceptors (Lipinski definition) is 5. The highest BCUT2D eigenvalue weighted by Gasteiger charge is 2.20. The number of nitrogens with one attached hydrogen (secondary N) is 2. The third-order valence-corrected chi connectivity index (χ3v) is 4.38. The lowest BCUT2D eigenvalue weighted by molar-refractivity contribution is 0.0913. The Hall–Kier alpha value is -2.59. The van der Waals surface area contributed by atoms with E-state index < -0.39 is 11.6 Å². The van der Waals surface area contributed by atoms with Crippen molar-refractivity contribution in [2.75, 3.05) is 19.7 Å². The Morgan fingerprint density at radius 1 is 1.25 bits per heavy atom. The van der Waals surface area contributed by atoms with Crippen LogP contribution in [0.15, 0.2) is 48.5 Å². The van der Waals surface area contributed by atoms with Crippen LogP contribution in [0.4, 0.5) is 0 Å². The summed E-state index contributed by atoms with van der Waals surface area (Å²) in [6.07, 6.45) is -0.797. The molecule has 0 aliphatic carbocycles. The lowest BCUT2D eigenvalue weighted by atomic mass is 10.0. The highest BCUT2D eigenvalue weighted by atomic mass is 35.5. The molecule has 0 saturated carbocycles. The summed E-state index contributed by atoms with van der Waals surface area (Å²) < 4.78 is 5.53. The summed E-state index contributed by atoms with van der Waals surface area (Å²) in [6.45, 7) is 4.51. The van der Waals surface area contributed by atoms with Gasteiger partial charge in [-0.05, 0) is 38.1 Å². The van der Waals surface area contributed by atoms with Crippen LogP contribution < -0.4 is 15.4 Å². The average molecular weight is 402 g/mol. The Bertz CT molecular complexity index is 835. The van der Waals surface area contributed by atoms with Crippen molar-refractivity contribution < 1.29 is 14.6 Å². The van der Waals surface area contributed by atoms with Gasteiger partial charge in [-0.25, -0.2) is 0 Å². The molecule has 148 valence electrons. The fourth-order valence-corrected chi connectivity index (χ4v) is 2.64. The first-order chi connectivity index (χ1) is 13.3. The number of β-amino-alcohol motifs (C(OH)–C–C–N with tert-alkyl or cyclic N) is 1. The molecule has 0 spiro atoms. The molecule has 6 nitrogen and oxygen atoms in total. The molecule has 3 N–H and O–H groups in total. The van der Waals surface area contributed by atoms with E-state index in [1.807, 2.05) is 38.1 Å². The van der Waals surface area contributed by atoms with E-state index in [2.05, 4.69) is 10.6 Å². The van der Waals surface area contributed by atoms with E-state index in [0.29, 0.717) is 22.9 Å². The summed E-state index contributed by atoms with van der Waals surface area (Å²) >= 11 is 5.96. The minimum absolute atomic E-state index is 0.00841. The van der Waals surface area contributed by atoms with Crippen molar-refractivity contribution in [2.45, 2.75) is 25.5 Å². The molecule has 0 fully saturated rings. The Balaban J connectivity index is 1.78. The van der Waals surface area contributed by atoms with Gasteiger partial charge in [0.05, 0.1) is 5.02 Å². The largest absolute Gasteiger partial charge is 0.489 e. The molecule has 0 aliphatic rings. The summed E-state index contributed by atoms with van der Waals surface area (Å²) in [4.78, 5) is 12.1. The summed E-state index contributed by atoms with van der Waals surface area (Å²) in [5, 5.41) is 25.7. The number of aliphatic hydroxyl groups excluding tert-OH is 1. The lowest BCUT2D eigenvalue weighted by Crippen LogP contribution is -2.51. The number of halogens is 1. The van der Waals surface area contributed by atoms with Gasteiger partial charge in [0.2, 0.25) is 0 Å². The number of nitrogens with zero attached hydrogens (tertiary/aromatic N) is 1. The maximum absolute atomic E-state index is 12.1. The molecule has 1 amide bonds. The fraction of sp³-hybridized carbons (Fsp3) is 0.333. The molecule has 2 aromatic rings. The number of hydrogen-bond donors (Lipinski definition) is 3. The molecule has 0 heterocycles. The third-order valence-electron chi connectivity index (χ3n) is 4.06. The monoisotopic (exact) mass is 401 g/mol. The summed E-state index contributed by atoms with van der Waals surface area (Å²) in [7, 11) is 0. The zero-order valence-corrected chi connectivity index (χ0v) is 16.7. The van der Waals surface area contributed by atoms with Crippen molar-refractivity contribution in [3.8, 4) is 11.8 Å². The van der Waals surface area contributed by atoms with E-state index in [9.17, 15) is 9.90 Å². The van der Waals surface area contributed by atoms with Gasteiger partial charge in [0.1, 0.15) is 30.1 Å². The molecule has 1 atom stereocenters. The fourth-order valence-electron chi connectivity index (χ4n) is 2.43.